The lowest BCUT2D eigenvalue weighted by Crippen LogP contribution is -2.42. The summed E-state index contributed by atoms with van der Waals surface area (Å²) in [5.74, 6) is -1.47. The molecule has 0 aromatic heterocycles. The van der Waals surface area contributed by atoms with Crippen LogP contribution in [0, 0.1) is 0 Å². The lowest BCUT2D eigenvalue weighted by Gasteiger charge is -2.13. The largest absolute Gasteiger partial charge is 0.480 e. The summed E-state index contributed by atoms with van der Waals surface area (Å²) in [4.78, 5) is 22.1. The molecule has 0 saturated heterocycles. The van der Waals surface area contributed by atoms with Crippen LogP contribution >= 0.6 is 0 Å². The van der Waals surface area contributed by atoms with Crippen molar-refractivity contribution in [3.8, 4) is 0 Å². The molecule has 0 aliphatic heterocycles. The predicted molar refractivity (Wildman–Crippen MR) is 60.5 cm³/mol. The van der Waals surface area contributed by atoms with Crippen LogP contribution in [0.15, 0.2) is 0 Å². The lowest BCUT2D eigenvalue weighted by molar-refractivity contribution is -0.141. The Morgan fingerprint density at radius 2 is 1.65 bits per heavy atom. The van der Waals surface area contributed by atoms with Crippen LogP contribution in [0.1, 0.15) is 19.3 Å². The van der Waals surface area contributed by atoms with Gasteiger partial charge in [-0.05, 0) is 19.4 Å². The van der Waals surface area contributed by atoms with E-state index in [1.165, 1.54) is 0 Å². The van der Waals surface area contributed by atoms with E-state index in [0.717, 1.165) is 0 Å². The Morgan fingerprint density at radius 1 is 1.06 bits per heavy atom. The van der Waals surface area contributed by atoms with E-state index in [9.17, 15) is 9.59 Å². The van der Waals surface area contributed by atoms with E-state index in [0.29, 0.717) is 25.9 Å². The van der Waals surface area contributed by atoms with Gasteiger partial charge in [-0.15, -0.1) is 0 Å². The second-order valence-electron chi connectivity index (χ2n) is 3.55. The number of aliphatic hydroxyl groups excluding tert-OH is 2. The van der Waals surface area contributed by atoms with Gasteiger partial charge in [0.1, 0.15) is 6.04 Å². The Morgan fingerprint density at radius 3 is 2.18 bits per heavy atom. The smallest absolute Gasteiger partial charge is 0.321 e. The number of amides is 1. The monoisotopic (exact) mass is 248 g/mol. The van der Waals surface area contributed by atoms with E-state index < -0.39 is 12.0 Å². The van der Waals surface area contributed by atoms with Crippen LogP contribution in [0.5, 0.6) is 0 Å². The van der Waals surface area contributed by atoms with E-state index in [2.05, 4.69) is 10.6 Å². The van der Waals surface area contributed by atoms with E-state index in [-0.39, 0.29) is 25.5 Å². The standard InChI is InChI=1S/C10H20N2O5/c13-5-1-3-11-8(10(16)17)7-9(15)12-4-2-6-14/h8,11,13-14H,1-7H2,(H,12,15)(H,16,17). The van der Waals surface area contributed by atoms with Gasteiger partial charge in [-0.2, -0.15) is 0 Å². The quantitative estimate of drug-likeness (QED) is 0.294. The van der Waals surface area contributed by atoms with Crippen molar-refractivity contribution in [3.05, 3.63) is 0 Å². The van der Waals surface area contributed by atoms with E-state index >= 15 is 0 Å². The van der Waals surface area contributed by atoms with Crippen LogP contribution in [0.3, 0.4) is 0 Å². The number of nitrogens with one attached hydrogen (secondary N) is 2. The molecule has 17 heavy (non-hydrogen) atoms. The minimum atomic E-state index is -1.10. The normalized spacial score (nSPS) is 12.1. The van der Waals surface area contributed by atoms with Crippen LogP contribution in [-0.2, 0) is 9.59 Å². The number of carbonyl (C=O) groups is 2. The molecule has 7 nitrogen and oxygen atoms in total. The molecule has 5 N–H and O–H groups in total. The molecule has 1 unspecified atom stereocenters. The number of rotatable bonds is 10. The molecule has 0 spiro atoms. The zero-order chi connectivity index (χ0) is 13.1. The summed E-state index contributed by atoms with van der Waals surface area (Å²) in [6.07, 6.45) is 0.726. The van der Waals surface area contributed by atoms with E-state index in [1.807, 2.05) is 0 Å². The number of carbonyl (C=O) groups excluding carboxylic acids is 1. The Labute approximate surface area is 99.8 Å². The highest BCUT2D eigenvalue weighted by Gasteiger charge is 2.19. The fraction of sp³-hybridized carbons (Fsp3) is 0.800. The first kappa shape index (κ1) is 15.8. The first-order chi connectivity index (χ1) is 8.11. The summed E-state index contributed by atoms with van der Waals surface area (Å²) in [7, 11) is 0. The van der Waals surface area contributed by atoms with Crippen molar-refractivity contribution in [2.75, 3.05) is 26.3 Å². The number of aliphatic hydroxyl groups is 2. The molecule has 0 radical (unpaired) electrons. The van der Waals surface area contributed by atoms with Gasteiger partial charge >= 0.3 is 5.97 Å². The molecule has 0 bridgehead atoms. The topological polar surface area (TPSA) is 119 Å². The van der Waals surface area contributed by atoms with E-state index in [4.69, 9.17) is 15.3 Å². The second kappa shape index (κ2) is 10.0. The maximum Gasteiger partial charge on any atom is 0.321 e. The van der Waals surface area contributed by atoms with Gasteiger partial charge in [0.05, 0.1) is 6.42 Å². The molecule has 0 aromatic rings. The molecule has 1 amide bonds. The lowest BCUT2D eigenvalue weighted by atomic mass is 10.2. The highest BCUT2D eigenvalue weighted by molar-refractivity contribution is 5.84. The van der Waals surface area contributed by atoms with Crippen molar-refractivity contribution in [1.29, 1.82) is 0 Å². The van der Waals surface area contributed by atoms with Crippen LogP contribution in [0.25, 0.3) is 0 Å². The van der Waals surface area contributed by atoms with Gasteiger partial charge in [-0.3, -0.25) is 9.59 Å². The number of aliphatic carboxylic acids is 1. The maximum absolute atomic E-state index is 11.3. The minimum Gasteiger partial charge on any atom is -0.480 e. The fourth-order valence-corrected chi connectivity index (χ4v) is 1.17. The SMILES string of the molecule is O=C(CC(NCCCO)C(=O)O)NCCCO. The molecular formula is C10H20N2O5. The molecule has 0 rings (SSSR count). The number of hydrogen-bond acceptors (Lipinski definition) is 5. The Hall–Kier alpha value is -1.18. The van der Waals surface area contributed by atoms with Crippen LogP contribution in [0.2, 0.25) is 0 Å². The molecular weight excluding hydrogens is 228 g/mol. The Balaban J connectivity index is 3.89. The van der Waals surface area contributed by atoms with Crippen LogP contribution in [-0.4, -0.2) is 59.5 Å². The Bertz CT molecular complexity index is 235. The first-order valence-corrected chi connectivity index (χ1v) is 5.56. The minimum absolute atomic E-state index is 0.0165. The third-order valence-electron chi connectivity index (χ3n) is 2.07. The third-order valence-corrected chi connectivity index (χ3v) is 2.07. The zero-order valence-corrected chi connectivity index (χ0v) is 9.69. The van der Waals surface area contributed by atoms with Gasteiger partial charge < -0.3 is 26.0 Å². The first-order valence-electron chi connectivity index (χ1n) is 5.56. The zero-order valence-electron chi connectivity index (χ0n) is 9.69. The molecule has 0 fully saturated rings. The number of carboxylic acid groups (broad SMARTS) is 1. The summed E-state index contributed by atoms with van der Waals surface area (Å²) in [5.41, 5.74) is 0. The van der Waals surface area contributed by atoms with Crippen molar-refractivity contribution >= 4 is 11.9 Å². The fourth-order valence-electron chi connectivity index (χ4n) is 1.17. The summed E-state index contributed by atoms with van der Waals surface area (Å²) in [5, 5.41) is 31.1. The average molecular weight is 248 g/mol. The summed E-state index contributed by atoms with van der Waals surface area (Å²) in [6, 6.07) is -0.948. The summed E-state index contributed by atoms with van der Waals surface area (Å²) >= 11 is 0. The van der Waals surface area contributed by atoms with Crippen molar-refractivity contribution in [2.45, 2.75) is 25.3 Å². The Kier molecular flexibility index (Phi) is 9.31. The van der Waals surface area contributed by atoms with Crippen molar-refractivity contribution in [3.63, 3.8) is 0 Å². The van der Waals surface area contributed by atoms with Crippen LogP contribution in [0.4, 0.5) is 0 Å². The van der Waals surface area contributed by atoms with Gasteiger partial charge in [-0.1, -0.05) is 0 Å². The van der Waals surface area contributed by atoms with E-state index in [1.54, 1.807) is 0 Å². The predicted octanol–water partition coefficient (Wildman–Crippen LogP) is -1.70. The van der Waals surface area contributed by atoms with Crippen molar-refractivity contribution in [2.24, 2.45) is 0 Å². The molecule has 1 atom stereocenters. The van der Waals surface area contributed by atoms with Gasteiger partial charge in [-0.25, -0.2) is 0 Å². The van der Waals surface area contributed by atoms with Crippen LogP contribution < -0.4 is 10.6 Å². The van der Waals surface area contributed by atoms with Gasteiger partial charge in [0, 0.05) is 19.8 Å². The van der Waals surface area contributed by atoms with Gasteiger partial charge in [0.15, 0.2) is 0 Å². The molecule has 0 aromatic carbocycles. The second-order valence-corrected chi connectivity index (χ2v) is 3.55. The van der Waals surface area contributed by atoms with Gasteiger partial charge in [0.2, 0.25) is 5.91 Å². The summed E-state index contributed by atoms with van der Waals surface area (Å²) < 4.78 is 0. The maximum atomic E-state index is 11.3. The van der Waals surface area contributed by atoms with Crippen molar-refractivity contribution in [1.82, 2.24) is 10.6 Å². The molecule has 0 aliphatic rings. The molecule has 0 aliphatic carbocycles. The third kappa shape index (κ3) is 8.61. The molecule has 0 heterocycles. The highest BCUT2D eigenvalue weighted by atomic mass is 16.4. The molecule has 7 heteroatoms. The number of carboxylic acids is 1. The summed E-state index contributed by atoms with van der Waals surface area (Å²) in [6.45, 7) is 0.634. The average Bonchev–Trinajstić information content (AvgIpc) is 2.28. The van der Waals surface area contributed by atoms with Crippen molar-refractivity contribution < 1.29 is 24.9 Å². The number of hydrogen-bond donors (Lipinski definition) is 5. The van der Waals surface area contributed by atoms with Gasteiger partial charge in [0.25, 0.3) is 0 Å². The highest BCUT2D eigenvalue weighted by Crippen LogP contribution is 1.93. The molecule has 0 saturated carbocycles. The molecule has 100 valence electrons.